The standard InChI is InChI=1S/C21H21N5O2/c1-13(2)14-8-10-16(11-9-14)22-18(27)12-17-20(28)24-21-23-19(25-26(17)21)15-6-4-3-5-7-15/h3-11,13,17H,12H2,1-2H3,(H,22,27)(H,23,24,25,28)/t17-/m0/s1. The van der Waals surface area contributed by atoms with Gasteiger partial charge in [0.2, 0.25) is 11.9 Å². The van der Waals surface area contributed by atoms with Crippen LogP contribution in [0.4, 0.5) is 11.6 Å². The maximum atomic E-state index is 12.5. The number of nitrogens with one attached hydrogen (secondary N) is 2. The van der Waals surface area contributed by atoms with Gasteiger partial charge in [0.15, 0.2) is 5.82 Å². The van der Waals surface area contributed by atoms with Gasteiger partial charge in [-0.2, -0.15) is 4.98 Å². The minimum atomic E-state index is -0.713. The fourth-order valence-corrected chi connectivity index (χ4v) is 3.16. The van der Waals surface area contributed by atoms with Crippen molar-refractivity contribution in [3.05, 3.63) is 60.2 Å². The lowest BCUT2D eigenvalue weighted by Gasteiger charge is -2.11. The first-order valence-electron chi connectivity index (χ1n) is 9.24. The molecule has 0 radical (unpaired) electrons. The van der Waals surface area contributed by atoms with Crippen LogP contribution in [-0.4, -0.2) is 26.6 Å². The largest absolute Gasteiger partial charge is 0.326 e. The quantitative estimate of drug-likeness (QED) is 0.713. The average Bonchev–Trinajstić information content (AvgIpc) is 3.22. The van der Waals surface area contributed by atoms with E-state index in [1.807, 2.05) is 54.6 Å². The molecule has 2 aromatic carbocycles. The van der Waals surface area contributed by atoms with E-state index in [4.69, 9.17) is 0 Å². The predicted molar refractivity (Wildman–Crippen MR) is 107 cm³/mol. The molecule has 1 aromatic heterocycles. The van der Waals surface area contributed by atoms with Crippen molar-refractivity contribution < 1.29 is 9.59 Å². The number of carbonyl (C=O) groups is 2. The van der Waals surface area contributed by atoms with E-state index in [-0.39, 0.29) is 18.2 Å². The Balaban J connectivity index is 1.47. The van der Waals surface area contributed by atoms with Crippen LogP contribution in [0.25, 0.3) is 11.4 Å². The second kappa shape index (κ2) is 7.26. The highest BCUT2D eigenvalue weighted by Gasteiger charge is 2.35. The van der Waals surface area contributed by atoms with Crippen molar-refractivity contribution in [2.75, 3.05) is 10.6 Å². The van der Waals surface area contributed by atoms with Crippen LogP contribution in [-0.2, 0) is 9.59 Å². The number of nitrogens with zero attached hydrogens (tertiary/aromatic N) is 3. The van der Waals surface area contributed by atoms with Crippen molar-refractivity contribution in [3.63, 3.8) is 0 Å². The third-order valence-corrected chi connectivity index (χ3v) is 4.74. The zero-order valence-electron chi connectivity index (χ0n) is 15.7. The van der Waals surface area contributed by atoms with E-state index < -0.39 is 6.04 Å². The molecular formula is C21H21N5O2. The number of hydrogen-bond donors (Lipinski definition) is 2. The number of aromatic nitrogens is 3. The molecule has 0 aliphatic carbocycles. The highest BCUT2D eigenvalue weighted by molar-refractivity contribution is 6.01. The van der Waals surface area contributed by atoms with Gasteiger partial charge in [-0.15, -0.1) is 5.10 Å². The van der Waals surface area contributed by atoms with Crippen LogP contribution in [0.2, 0.25) is 0 Å². The minimum absolute atomic E-state index is 0.0116. The molecule has 1 aliphatic rings. The zero-order valence-corrected chi connectivity index (χ0v) is 15.7. The number of anilines is 2. The van der Waals surface area contributed by atoms with E-state index in [9.17, 15) is 9.59 Å². The van der Waals surface area contributed by atoms with Gasteiger partial charge in [-0.25, -0.2) is 4.68 Å². The van der Waals surface area contributed by atoms with Gasteiger partial charge < -0.3 is 5.32 Å². The van der Waals surface area contributed by atoms with Gasteiger partial charge in [-0.3, -0.25) is 14.9 Å². The number of rotatable bonds is 5. The summed E-state index contributed by atoms with van der Waals surface area (Å²) < 4.78 is 1.49. The van der Waals surface area contributed by atoms with Gasteiger partial charge >= 0.3 is 0 Å². The summed E-state index contributed by atoms with van der Waals surface area (Å²) in [4.78, 5) is 29.1. The molecule has 0 saturated carbocycles. The van der Waals surface area contributed by atoms with Crippen molar-refractivity contribution >= 4 is 23.5 Å². The molecule has 28 heavy (non-hydrogen) atoms. The van der Waals surface area contributed by atoms with E-state index in [2.05, 4.69) is 34.6 Å². The third kappa shape index (κ3) is 3.51. The molecule has 0 spiro atoms. The summed E-state index contributed by atoms with van der Waals surface area (Å²) in [5, 5.41) is 9.97. The molecule has 1 aliphatic heterocycles. The predicted octanol–water partition coefficient (Wildman–Crippen LogP) is 3.59. The van der Waals surface area contributed by atoms with Crippen LogP contribution in [0.5, 0.6) is 0 Å². The summed E-state index contributed by atoms with van der Waals surface area (Å²) in [5.41, 5.74) is 2.76. The fourth-order valence-electron chi connectivity index (χ4n) is 3.16. The Hall–Kier alpha value is -3.48. The van der Waals surface area contributed by atoms with Crippen LogP contribution < -0.4 is 10.6 Å². The molecule has 3 aromatic rings. The zero-order chi connectivity index (χ0) is 19.7. The molecule has 2 heterocycles. The lowest BCUT2D eigenvalue weighted by Crippen LogP contribution is -2.23. The summed E-state index contributed by atoms with van der Waals surface area (Å²) >= 11 is 0. The molecule has 2 amide bonds. The highest BCUT2D eigenvalue weighted by atomic mass is 16.2. The van der Waals surface area contributed by atoms with Crippen LogP contribution in [0.3, 0.4) is 0 Å². The Bertz CT molecular complexity index is 1010. The summed E-state index contributed by atoms with van der Waals surface area (Å²) in [6, 6.07) is 16.5. The first-order valence-corrected chi connectivity index (χ1v) is 9.24. The maximum absolute atomic E-state index is 12.5. The molecular weight excluding hydrogens is 354 g/mol. The summed E-state index contributed by atoms with van der Waals surface area (Å²) in [5.74, 6) is 0.784. The van der Waals surface area contributed by atoms with E-state index in [1.54, 1.807) is 0 Å². The fraction of sp³-hybridized carbons (Fsp3) is 0.238. The molecule has 7 nitrogen and oxygen atoms in total. The molecule has 0 bridgehead atoms. The number of hydrogen-bond acceptors (Lipinski definition) is 4. The topological polar surface area (TPSA) is 88.9 Å². The van der Waals surface area contributed by atoms with Gasteiger partial charge in [0.05, 0.1) is 6.42 Å². The Morgan fingerprint density at radius 3 is 2.54 bits per heavy atom. The van der Waals surface area contributed by atoms with Crippen molar-refractivity contribution in [1.82, 2.24) is 14.8 Å². The van der Waals surface area contributed by atoms with Gasteiger partial charge in [0.25, 0.3) is 5.91 Å². The Morgan fingerprint density at radius 1 is 1.14 bits per heavy atom. The number of carbonyl (C=O) groups excluding carboxylic acids is 2. The molecule has 7 heteroatoms. The summed E-state index contributed by atoms with van der Waals surface area (Å²) in [6.07, 6.45) is -0.0116. The first-order chi connectivity index (χ1) is 13.5. The number of benzene rings is 2. The van der Waals surface area contributed by atoms with Crippen molar-refractivity contribution in [2.24, 2.45) is 0 Å². The van der Waals surface area contributed by atoms with E-state index >= 15 is 0 Å². The summed E-state index contributed by atoms with van der Waals surface area (Å²) in [6.45, 7) is 4.23. The Morgan fingerprint density at radius 2 is 1.86 bits per heavy atom. The van der Waals surface area contributed by atoms with Crippen LogP contribution in [0.15, 0.2) is 54.6 Å². The molecule has 0 unspecified atom stereocenters. The Kier molecular flexibility index (Phi) is 4.65. The molecule has 2 N–H and O–H groups in total. The second-order valence-electron chi connectivity index (χ2n) is 7.10. The monoisotopic (exact) mass is 375 g/mol. The minimum Gasteiger partial charge on any atom is -0.326 e. The van der Waals surface area contributed by atoms with Gasteiger partial charge in [0.1, 0.15) is 6.04 Å². The second-order valence-corrected chi connectivity index (χ2v) is 7.10. The van der Waals surface area contributed by atoms with Gasteiger partial charge in [-0.1, -0.05) is 56.3 Å². The van der Waals surface area contributed by atoms with Gasteiger partial charge in [-0.05, 0) is 23.6 Å². The molecule has 0 saturated heterocycles. The smallest absolute Gasteiger partial charge is 0.252 e. The molecule has 142 valence electrons. The summed E-state index contributed by atoms with van der Waals surface area (Å²) in [7, 11) is 0. The van der Waals surface area contributed by atoms with Crippen molar-refractivity contribution in [3.8, 4) is 11.4 Å². The van der Waals surface area contributed by atoms with Crippen LogP contribution in [0, 0.1) is 0 Å². The maximum Gasteiger partial charge on any atom is 0.252 e. The Labute approximate surface area is 162 Å². The molecule has 4 rings (SSSR count). The molecule has 0 fully saturated rings. The van der Waals surface area contributed by atoms with Crippen LogP contribution in [0.1, 0.15) is 37.8 Å². The third-order valence-electron chi connectivity index (χ3n) is 4.74. The van der Waals surface area contributed by atoms with Crippen molar-refractivity contribution in [1.29, 1.82) is 0 Å². The lowest BCUT2D eigenvalue weighted by atomic mass is 10.0. The van der Waals surface area contributed by atoms with Gasteiger partial charge in [0, 0.05) is 11.3 Å². The normalized spacial score (nSPS) is 15.4. The van der Waals surface area contributed by atoms with Crippen LogP contribution >= 0.6 is 0 Å². The highest BCUT2D eigenvalue weighted by Crippen LogP contribution is 2.28. The number of amides is 2. The van der Waals surface area contributed by atoms with E-state index in [1.165, 1.54) is 10.2 Å². The molecule has 1 atom stereocenters. The van der Waals surface area contributed by atoms with E-state index in [0.29, 0.717) is 23.4 Å². The first kappa shape index (κ1) is 17.9. The van der Waals surface area contributed by atoms with Crippen molar-refractivity contribution in [2.45, 2.75) is 32.2 Å². The average molecular weight is 375 g/mol. The van der Waals surface area contributed by atoms with E-state index in [0.717, 1.165) is 5.56 Å². The SMILES string of the molecule is CC(C)c1ccc(NC(=O)C[C@H]2C(=O)Nc3nc(-c4ccccc4)nn32)cc1. The lowest BCUT2D eigenvalue weighted by molar-refractivity contribution is -0.123. The number of fused-ring (bicyclic) bond motifs is 1.